The van der Waals surface area contributed by atoms with Gasteiger partial charge in [-0.25, -0.2) is 18.0 Å². The molecule has 142 valence electrons. The predicted molar refractivity (Wildman–Crippen MR) is 51.9 cm³/mol. The summed E-state index contributed by atoms with van der Waals surface area (Å²) < 4.78 is 155. The molecule has 2 unspecified atom stereocenters. The molecule has 0 fully saturated rings. The Balaban J connectivity index is 6.20. The van der Waals surface area contributed by atoms with Gasteiger partial charge in [0.25, 0.3) is 5.67 Å². The fourth-order valence-electron chi connectivity index (χ4n) is 1.30. The van der Waals surface area contributed by atoms with E-state index in [-0.39, 0.29) is 6.08 Å². The van der Waals surface area contributed by atoms with Crippen molar-refractivity contribution in [2.24, 2.45) is 0 Å². The second-order valence-electron chi connectivity index (χ2n) is 4.24. The molecular weight excluding hydrogens is 380 g/mol. The second kappa shape index (κ2) is 6.35. The fourth-order valence-corrected chi connectivity index (χ4v) is 1.30. The van der Waals surface area contributed by atoms with Crippen molar-refractivity contribution < 1.29 is 62.2 Å². The van der Waals surface area contributed by atoms with Gasteiger partial charge in [-0.1, -0.05) is 6.58 Å². The van der Waals surface area contributed by atoms with Crippen LogP contribution in [-0.4, -0.2) is 48.6 Å². The zero-order valence-corrected chi connectivity index (χ0v) is 10.9. The molecule has 2 nitrogen and oxygen atoms in total. The Bertz CT molecular complexity index is 462. The van der Waals surface area contributed by atoms with Gasteiger partial charge < -0.3 is 4.74 Å². The van der Waals surface area contributed by atoms with Gasteiger partial charge in [0.05, 0.1) is 0 Å². The summed E-state index contributed by atoms with van der Waals surface area (Å²) in [4.78, 5) is 10.5. The molecule has 0 amide bonds. The van der Waals surface area contributed by atoms with E-state index >= 15 is 0 Å². The van der Waals surface area contributed by atoms with Crippen molar-refractivity contribution in [2.75, 3.05) is 6.61 Å². The molecule has 0 saturated heterocycles. The molecule has 0 heterocycles. The smallest absolute Gasteiger partial charge is 0.434 e. The van der Waals surface area contributed by atoms with Crippen molar-refractivity contribution in [1.29, 1.82) is 0 Å². The third kappa shape index (κ3) is 3.71. The second-order valence-corrected chi connectivity index (χ2v) is 4.24. The third-order valence-electron chi connectivity index (χ3n) is 2.64. The van der Waals surface area contributed by atoms with Gasteiger partial charge in [-0.15, -0.1) is 0 Å². The lowest BCUT2D eigenvalue weighted by Gasteiger charge is -2.39. The summed E-state index contributed by atoms with van der Waals surface area (Å²) in [5.74, 6) is -1.93. The summed E-state index contributed by atoms with van der Waals surface area (Å²) in [5, 5.41) is 0. The quantitative estimate of drug-likeness (QED) is 0.403. The fraction of sp³-hybridized carbons (Fsp3) is 0.700. The first-order chi connectivity index (χ1) is 10.4. The normalized spacial score (nSPS) is 17.8. The SMILES string of the molecule is C=CC(=O)OCC(F)(C(F)C(F)(C(F)(F)F)C(F)(F)F)C(F)(F)F. The molecule has 0 aliphatic heterocycles. The van der Waals surface area contributed by atoms with Crippen molar-refractivity contribution >= 4 is 5.97 Å². The highest BCUT2D eigenvalue weighted by atomic mass is 19.4. The van der Waals surface area contributed by atoms with E-state index in [0.717, 1.165) is 0 Å². The molecular formula is C10H6F12O2. The van der Waals surface area contributed by atoms with E-state index in [1.807, 2.05) is 0 Å². The number of esters is 1. The van der Waals surface area contributed by atoms with Gasteiger partial charge in [0.2, 0.25) is 0 Å². The molecule has 0 rings (SSSR count). The maximum atomic E-state index is 13.7. The van der Waals surface area contributed by atoms with Crippen LogP contribution in [0.5, 0.6) is 0 Å². The summed E-state index contributed by atoms with van der Waals surface area (Å²) in [6.07, 6.45) is -27.2. The molecule has 0 spiro atoms. The number of rotatable bonds is 5. The zero-order chi connectivity index (χ0) is 19.8. The standard InChI is InChI=1S/C10H6F12O2/c1-2-4(23)24-3-6(12,8(14,15)16)5(11)7(13,9(17,18)19)10(20,21)22/h2,5H,1,3H2. The Labute approximate surface area is 125 Å². The van der Waals surface area contributed by atoms with Gasteiger partial charge in [-0.3, -0.25) is 0 Å². The van der Waals surface area contributed by atoms with Crippen LogP contribution in [0.3, 0.4) is 0 Å². The number of halogens is 12. The van der Waals surface area contributed by atoms with Crippen LogP contribution in [0.25, 0.3) is 0 Å². The minimum Gasteiger partial charge on any atom is -0.459 e. The highest BCUT2D eigenvalue weighted by Gasteiger charge is 2.84. The van der Waals surface area contributed by atoms with E-state index in [4.69, 9.17) is 0 Å². The van der Waals surface area contributed by atoms with Gasteiger partial charge >= 0.3 is 30.2 Å². The molecule has 0 aromatic carbocycles. The number of carbonyl (C=O) groups excluding carboxylic acids is 1. The average Bonchev–Trinajstić information content (AvgIpc) is 2.38. The summed E-state index contributed by atoms with van der Waals surface area (Å²) in [6.45, 7) is -0.410. The van der Waals surface area contributed by atoms with Crippen molar-refractivity contribution in [3.05, 3.63) is 12.7 Å². The van der Waals surface area contributed by atoms with E-state index in [1.165, 1.54) is 0 Å². The minimum atomic E-state index is -7.30. The molecule has 14 heteroatoms. The Morgan fingerprint density at radius 3 is 1.50 bits per heavy atom. The number of carbonyl (C=O) groups is 1. The number of hydrogen-bond donors (Lipinski definition) is 0. The molecule has 0 aliphatic rings. The number of ether oxygens (including phenoxy) is 1. The Morgan fingerprint density at radius 1 is 0.875 bits per heavy atom. The minimum absolute atomic E-state index is 0.0558. The van der Waals surface area contributed by atoms with Gasteiger partial charge in [-0.05, 0) is 0 Å². The van der Waals surface area contributed by atoms with Gasteiger partial charge in [-0.2, -0.15) is 39.5 Å². The van der Waals surface area contributed by atoms with Crippen molar-refractivity contribution in [1.82, 2.24) is 0 Å². The molecule has 2 atom stereocenters. The van der Waals surface area contributed by atoms with Crippen LogP contribution in [0.15, 0.2) is 12.7 Å². The molecule has 24 heavy (non-hydrogen) atoms. The first-order valence-corrected chi connectivity index (χ1v) is 5.37. The van der Waals surface area contributed by atoms with E-state index in [9.17, 15) is 57.5 Å². The maximum Gasteiger partial charge on any atom is 0.434 e. The van der Waals surface area contributed by atoms with Crippen LogP contribution in [0.2, 0.25) is 0 Å². The number of alkyl halides is 12. The number of hydrogen-bond acceptors (Lipinski definition) is 2. The lowest BCUT2D eigenvalue weighted by Crippen LogP contribution is -2.69. The van der Waals surface area contributed by atoms with Gasteiger partial charge in [0.1, 0.15) is 6.61 Å². The van der Waals surface area contributed by atoms with E-state index in [1.54, 1.807) is 0 Å². The topological polar surface area (TPSA) is 26.3 Å². The average molecular weight is 386 g/mol. The van der Waals surface area contributed by atoms with Gasteiger partial charge in [0, 0.05) is 6.08 Å². The highest BCUT2D eigenvalue weighted by molar-refractivity contribution is 5.81. The van der Waals surface area contributed by atoms with Crippen LogP contribution in [0.1, 0.15) is 0 Å². The first kappa shape index (κ1) is 22.4. The van der Waals surface area contributed by atoms with Crippen molar-refractivity contribution in [2.45, 2.75) is 36.0 Å². The predicted octanol–water partition coefficient (Wildman–Crippen LogP) is 4.16. The first-order valence-electron chi connectivity index (χ1n) is 5.37. The largest absolute Gasteiger partial charge is 0.459 e. The zero-order valence-electron chi connectivity index (χ0n) is 10.9. The monoisotopic (exact) mass is 386 g/mol. The third-order valence-corrected chi connectivity index (χ3v) is 2.64. The van der Waals surface area contributed by atoms with Crippen LogP contribution >= 0.6 is 0 Å². The van der Waals surface area contributed by atoms with E-state index < -0.39 is 48.6 Å². The lowest BCUT2D eigenvalue weighted by atomic mass is 9.85. The van der Waals surface area contributed by atoms with Crippen LogP contribution < -0.4 is 0 Å². The molecule has 0 radical (unpaired) electrons. The highest BCUT2D eigenvalue weighted by Crippen LogP contribution is 2.55. The van der Waals surface area contributed by atoms with Crippen molar-refractivity contribution in [3.63, 3.8) is 0 Å². The lowest BCUT2D eigenvalue weighted by molar-refractivity contribution is -0.384. The molecule has 0 aromatic rings. The summed E-state index contributed by atoms with van der Waals surface area (Å²) in [6, 6.07) is 0. The maximum absolute atomic E-state index is 13.7. The Hall–Kier alpha value is -1.63. The molecule has 0 N–H and O–H groups in total. The van der Waals surface area contributed by atoms with E-state index in [0.29, 0.717) is 0 Å². The molecule has 0 bridgehead atoms. The van der Waals surface area contributed by atoms with E-state index in [2.05, 4.69) is 11.3 Å². The molecule has 0 saturated carbocycles. The molecule has 0 aromatic heterocycles. The summed E-state index contributed by atoms with van der Waals surface area (Å²) in [5.41, 5.74) is -13.4. The Kier molecular flexibility index (Phi) is 5.92. The Morgan fingerprint density at radius 2 is 1.25 bits per heavy atom. The summed E-state index contributed by atoms with van der Waals surface area (Å²) >= 11 is 0. The van der Waals surface area contributed by atoms with Crippen LogP contribution in [-0.2, 0) is 9.53 Å². The summed E-state index contributed by atoms with van der Waals surface area (Å²) in [7, 11) is 0. The van der Waals surface area contributed by atoms with Crippen molar-refractivity contribution in [3.8, 4) is 0 Å². The van der Waals surface area contributed by atoms with Crippen LogP contribution in [0.4, 0.5) is 52.7 Å². The van der Waals surface area contributed by atoms with Gasteiger partial charge in [0.15, 0.2) is 6.17 Å². The van der Waals surface area contributed by atoms with Crippen LogP contribution in [0, 0.1) is 0 Å². The molecule has 0 aliphatic carbocycles.